The van der Waals surface area contributed by atoms with Crippen LogP contribution in [-0.2, 0) is 6.54 Å². The van der Waals surface area contributed by atoms with Gasteiger partial charge in [-0.15, -0.1) is 0 Å². The van der Waals surface area contributed by atoms with E-state index in [9.17, 15) is 0 Å². The summed E-state index contributed by atoms with van der Waals surface area (Å²) in [4.78, 5) is 2.42. The summed E-state index contributed by atoms with van der Waals surface area (Å²) in [6.45, 7) is 2.95. The molecule has 0 saturated carbocycles. The topological polar surface area (TPSA) is 38.5 Å². The van der Waals surface area contributed by atoms with Crippen LogP contribution in [0.1, 0.15) is 12.0 Å². The fraction of sp³-hybridized carbons (Fsp3) is 0.500. The number of methoxy groups -OCH3 is 1. The van der Waals surface area contributed by atoms with Gasteiger partial charge in [0.2, 0.25) is 0 Å². The molecule has 3 heteroatoms. The number of likely N-dealkylation sites (tertiary alicyclic amines) is 1. The first kappa shape index (κ1) is 10.5. The standard InChI is InChI=1S/C12H18N2O/c1-15-12-4-2-10(3-5-12)9-14-7-6-11(14)8-13/h2-5,11H,6-9,13H2,1H3. The molecule has 1 aromatic carbocycles. The van der Waals surface area contributed by atoms with Crippen LogP contribution in [0, 0.1) is 0 Å². The Hall–Kier alpha value is -1.06. The summed E-state index contributed by atoms with van der Waals surface area (Å²) in [5.74, 6) is 0.915. The molecular formula is C12H18N2O. The van der Waals surface area contributed by atoms with Gasteiger partial charge in [-0.05, 0) is 24.1 Å². The summed E-state index contributed by atoms with van der Waals surface area (Å²) >= 11 is 0. The van der Waals surface area contributed by atoms with Gasteiger partial charge >= 0.3 is 0 Å². The molecule has 1 aromatic rings. The molecule has 15 heavy (non-hydrogen) atoms. The molecule has 2 rings (SSSR count). The Bertz CT molecular complexity index is 308. The van der Waals surface area contributed by atoms with Crippen LogP contribution < -0.4 is 10.5 Å². The summed E-state index contributed by atoms with van der Waals surface area (Å²) in [5.41, 5.74) is 6.99. The highest BCUT2D eigenvalue weighted by atomic mass is 16.5. The smallest absolute Gasteiger partial charge is 0.118 e. The van der Waals surface area contributed by atoms with E-state index >= 15 is 0 Å². The second kappa shape index (κ2) is 4.64. The van der Waals surface area contributed by atoms with Crippen LogP contribution in [-0.4, -0.2) is 31.1 Å². The third kappa shape index (κ3) is 2.30. The highest BCUT2D eigenvalue weighted by molar-refractivity contribution is 5.27. The van der Waals surface area contributed by atoms with Gasteiger partial charge in [0.25, 0.3) is 0 Å². The largest absolute Gasteiger partial charge is 0.497 e. The minimum absolute atomic E-state index is 0.590. The van der Waals surface area contributed by atoms with Crippen LogP contribution in [0.15, 0.2) is 24.3 Å². The van der Waals surface area contributed by atoms with Crippen LogP contribution in [0.5, 0.6) is 5.75 Å². The SMILES string of the molecule is COc1ccc(CN2CCC2CN)cc1. The van der Waals surface area contributed by atoms with Crippen molar-refractivity contribution in [1.82, 2.24) is 4.90 Å². The Morgan fingerprint density at radius 1 is 1.40 bits per heavy atom. The van der Waals surface area contributed by atoms with Gasteiger partial charge in [-0.1, -0.05) is 12.1 Å². The second-order valence-electron chi connectivity index (χ2n) is 4.00. The maximum Gasteiger partial charge on any atom is 0.118 e. The molecule has 3 nitrogen and oxygen atoms in total. The van der Waals surface area contributed by atoms with Gasteiger partial charge in [-0.25, -0.2) is 0 Å². The Balaban J connectivity index is 1.93. The van der Waals surface area contributed by atoms with Gasteiger partial charge in [0, 0.05) is 25.7 Å². The summed E-state index contributed by atoms with van der Waals surface area (Å²) in [5, 5.41) is 0. The number of nitrogens with zero attached hydrogens (tertiary/aromatic N) is 1. The molecule has 0 aromatic heterocycles. The molecule has 0 aliphatic carbocycles. The fourth-order valence-corrected chi connectivity index (χ4v) is 1.93. The van der Waals surface area contributed by atoms with Gasteiger partial charge < -0.3 is 10.5 Å². The average Bonchev–Trinajstić information content (AvgIpc) is 2.26. The van der Waals surface area contributed by atoms with Crippen molar-refractivity contribution in [2.75, 3.05) is 20.2 Å². The minimum atomic E-state index is 0.590. The Morgan fingerprint density at radius 3 is 2.60 bits per heavy atom. The van der Waals surface area contributed by atoms with E-state index < -0.39 is 0 Å². The minimum Gasteiger partial charge on any atom is -0.497 e. The Morgan fingerprint density at radius 2 is 2.13 bits per heavy atom. The molecule has 1 saturated heterocycles. The first-order valence-corrected chi connectivity index (χ1v) is 5.40. The zero-order valence-electron chi connectivity index (χ0n) is 9.15. The van der Waals surface area contributed by atoms with E-state index in [2.05, 4.69) is 17.0 Å². The summed E-state index contributed by atoms with van der Waals surface area (Å²) < 4.78 is 5.12. The third-order valence-electron chi connectivity index (χ3n) is 3.08. The molecule has 1 atom stereocenters. The molecular weight excluding hydrogens is 188 g/mol. The molecule has 1 aliphatic heterocycles. The third-order valence-corrected chi connectivity index (χ3v) is 3.08. The fourth-order valence-electron chi connectivity index (χ4n) is 1.93. The lowest BCUT2D eigenvalue weighted by molar-refractivity contribution is 0.0882. The average molecular weight is 206 g/mol. The van der Waals surface area contributed by atoms with E-state index in [1.54, 1.807) is 7.11 Å². The van der Waals surface area contributed by atoms with E-state index in [1.165, 1.54) is 18.5 Å². The lowest BCUT2D eigenvalue weighted by Crippen LogP contribution is -2.50. The molecule has 0 spiro atoms. The van der Waals surface area contributed by atoms with E-state index in [4.69, 9.17) is 10.5 Å². The second-order valence-corrected chi connectivity index (χ2v) is 4.00. The molecule has 1 heterocycles. The molecule has 0 bridgehead atoms. The van der Waals surface area contributed by atoms with E-state index in [0.29, 0.717) is 6.04 Å². The van der Waals surface area contributed by atoms with Gasteiger partial charge in [0.05, 0.1) is 7.11 Å². The van der Waals surface area contributed by atoms with Gasteiger partial charge in [-0.3, -0.25) is 4.90 Å². The van der Waals surface area contributed by atoms with Crippen molar-refractivity contribution < 1.29 is 4.74 Å². The number of nitrogens with two attached hydrogens (primary N) is 1. The van der Waals surface area contributed by atoms with Crippen molar-refractivity contribution in [1.29, 1.82) is 0 Å². The van der Waals surface area contributed by atoms with E-state index in [1.807, 2.05) is 12.1 Å². The molecule has 2 N–H and O–H groups in total. The number of ether oxygens (including phenoxy) is 1. The number of rotatable bonds is 4. The predicted molar refractivity (Wildman–Crippen MR) is 60.9 cm³/mol. The molecule has 1 unspecified atom stereocenters. The Kier molecular flexibility index (Phi) is 3.23. The quantitative estimate of drug-likeness (QED) is 0.805. The zero-order valence-corrected chi connectivity index (χ0v) is 9.15. The molecule has 0 radical (unpaired) electrons. The van der Waals surface area contributed by atoms with Gasteiger partial charge in [-0.2, -0.15) is 0 Å². The predicted octanol–water partition coefficient (Wildman–Crippen LogP) is 1.23. The lowest BCUT2D eigenvalue weighted by atomic mass is 10.0. The van der Waals surface area contributed by atoms with Crippen molar-refractivity contribution in [3.63, 3.8) is 0 Å². The number of benzene rings is 1. The first-order chi connectivity index (χ1) is 7.33. The first-order valence-electron chi connectivity index (χ1n) is 5.40. The number of hydrogen-bond donors (Lipinski definition) is 1. The van der Waals surface area contributed by atoms with Crippen LogP contribution in [0.2, 0.25) is 0 Å². The van der Waals surface area contributed by atoms with Crippen LogP contribution in [0.25, 0.3) is 0 Å². The molecule has 0 amide bonds. The maximum absolute atomic E-state index is 5.66. The molecule has 1 aliphatic rings. The van der Waals surface area contributed by atoms with Crippen molar-refractivity contribution in [2.45, 2.75) is 19.0 Å². The van der Waals surface area contributed by atoms with E-state index in [-0.39, 0.29) is 0 Å². The van der Waals surface area contributed by atoms with Crippen molar-refractivity contribution in [3.05, 3.63) is 29.8 Å². The van der Waals surface area contributed by atoms with Crippen LogP contribution in [0.3, 0.4) is 0 Å². The highest BCUT2D eigenvalue weighted by Gasteiger charge is 2.25. The molecule has 1 fully saturated rings. The summed E-state index contributed by atoms with van der Waals surface area (Å²) in [6, 6.07) is 8.83. The van der Waals surface area contributed by atoms with Crippen molar-refractivity contribution in [3.8, 4) is 5.75 Å². The maximum atomic E-state index is 5.66. The van der Waals surface area contributed by atoms with Gasteiger partial charge in [0.15, 0.2) is 0 Å². The molecule has 82 valence electrons. The lowest BCUT2D eigenvalue weighted by Gasteiger charge is -2.40. The normalized spacial score (nSPS) is 21.1. The monoisotopic (exact) mass is 206 g/mol. The van der Waals surface area contributed by atoms with Gasteiger partial charge in [0.1, 0.15) is 5.75 Å². The Labute approximate surface area is 90.8 Å². The zero-order chi connectivity index (χ0) is 10.7. The van der Waals surface area contributed by atoms with Crippen LogP contribution >= 0.6 is 0 Å². The van der Waals surface area contributed by atoms with Crippen molar-refractivity contribution in [2.24, 2.45) is 5.73 Å². The van der Waals surface area contributed by atoms with Crippen molar-refractivity contribution >= 4 is 0 Å². The highest BCUT2D eigenvalue weighted by Crippen LogP contribution is 2.20. The van der Waals surface area contributed by atoms with Crippen LogP contribution in [0.4, 0.5) is 0 Å². The summed E-state index contributed by atoms with van der Waals surface area (Å²) in [7, 11) is 1.69. The number of hydrogen-bond acceptors (Lipinski definition) is 3. The summed E-state index contributed by atoms with van der Waals surface area (Å²) in [6.07, 6.45) is 1.24. The van der Waals surface area contributed by atoms with E-state index in [0.717, 1.165) is 18.8 Å².